The summed E-state index contributed by atoms with van der Waals surface area (Å²) in [4.78, 5) is 28.2. The van der Waals surface area contributed by atoms with E-state index in [1.807, 2.05) is 60.3 Å². The molecule has 1 aromatic heterocycles. The van der Waals surface area contributed by atoms with E-state index < -0.39 is 0 Å². The summed E-state index contributed by atoms with van der Waals surface area (Å²) in [5, 5.41) is 7.15. The van der Waals surface area contributed by atoms with E-state index in [1.54, 1.807) is 12.3 Å². The highest BCUT2D eigenvalue weighted by Crippen LogP contribution is 2.27. The van der Waals surface area contributed by atoms with Gasteiger partial charge in [-0.3, -0.25) is 9.69 Å². The minimum Gasteiger partial charge on any atom is -0.493 e. The minimum absolute atomic E-state index is 0.116. The fraction of sp³-hybridized carbons (Fsp3) is 0.400. The van der Waals surface area contributed by atoms with Gasteiger partial charge in [-0.05, 0) is 88.3 Å². The molecule has 0 radical (unpaired) electrons. The summed E-state index contributed by atoms with van der Waals surface area (Å²) < 4.78 is 5.99. The Morgan fingerprint density at radius 1 is 1.14 bits per heavy atom. The molecule has 232 valence electrons. The maximum absolute atomic E-state index is 12.6. The number of carbonyl (C=O) groups excluding carboxylic acids is 1. The average molecular weight is 596 g/mol. The van der Waals surface area contributed by atoms with Gasteiger partial charge in [0.05, 0.1) is 12.3 Å². The highest BCUT2D eigenvalue weighted by molar-refractivity contribution is 5.87. The van der Waals surface area contributed by atoms with Crippen molar-refractivity contribution in [2.75, 3.05) is 71.1 Å². The number of piperidine rings is 1. The highest BCUT2D eigenvalue weighted by Gasteiger charge is 2.21. The topological polar surface area (TPSA) is 85.9 Å². The van der Waals surface area contributed by atoms with Crippen LogP contribution in [0.3, 0.4) is 0 Å². The zero-order chi connectivity index (χ0) is 30.7. The van der Waals surface area contributed by atoms with Gasteiger partial charge in [-0.25, -0.2) is 9.97 Å². The molecule has 44 heavy (non-hydrogen) atoms. The molecule has 5 rings (SSSR count). The zero-order valence-electron chi connectivity index (χ0n) is 26.2. The molecule has 0 unspecified atom stereocenters. The van der Waals surface area contributed by atoms with Crippen molar-refractivity contribution in [2.24, 2.45) is 5.92 Å². The SMILES string of the molecule is CN(C)C/C=C/C(=O)N1CCC(CNc2cc3cc(c2)Nc2nccc(n2)-c2cccc(c2)OCC/C=C/CN(C)C3)CC1. The lowest BCUT2D eigenvalue weighted by molar-refractivity contribution is -0.127. The van der Waals surface area contributed by atoms with Crippen LogP contribution < -0.4 is 15.4 Å². The summed E-state index contributed by atoms with van der Waals surface area (Å²) in [6.07, 6.45) is 12.7. The van der Waals surface area contributed by atoms with E-state index in [4.69, 9.17) is 9.72 Å². The van der Waals surface area contributed by atoms with Gasteiger partial charge in [0.1, 0.15) is 5.75 Å². The first-order valence-corrected chi connectivity index (χ1v) is 15.6. The molecule has 2 N–H and O–H groups in total. The Hall–Kier alpha value is -4.21. The Balaban J connectivity index is 1.29. The second-order valence-corrected chi connectivity index (χ2v) is 12.0. The van der Waals surface area contributed by atoms with Gasteiger partial charge in [0, 0.05) is 68.5 Å². The van der Waals surface area contributed by atoms with Crippen molar-refractivity contribution >= 4 is 23.2 Å². The second-order valence-electron chi connectivity index (χ2n) is 12.0. The number of likely N-dealkylation sites (N-methyl/N-ethyl adjacent to an activating group) is 2. The van der Waals surface area contributed by atoms with Crippen molar-refractivity contribution in [3.8, 4) is 17.0 Å². The summed E-state index contributed by atoms with van der Waals surface area (Å²) in [6.45, 7) is 5.51. The van der Waals surface area contributed by atoms with Gasteiger partial charge in [0.15, 0.2) is 0 Å². The largest absolute Gasteiger partial charge is 0.493 e. The van der Waals surface area contributed by atoms with Gasteiger partial charge >= 0.3 is 0 Å². The molecule has 9 heteroatoms. The average Bonchev–Trinajstić information content (AvgIpc) is 3.01. The number of nitrogens with zero attached hydrogens (tertiary/aromatic N) is 5. The molecule has 1 amide bonds. The van der Waals surface area contributed by atoms with Gasteiger partial charge in [-0.1, -0.05) is 30.4 Å². The van der Waals surface area contributed by atoms with E-state index in [0.717, 1.165) is 86.9 Å². The normalized spacial score (nSPS) is 17.4. The molecule has 1 fully saturated rings. The number of carbonyl (C=O) groups is 1. The summed E-state index contributed by atoms with van der Waals surface area (Å²) in [7, 11) is 6.14. The highest BCUT2D eigenvalue weighted by atomic mass is 16.5. The number of hydrogen-bond acceptors (Lipinski definition) is 8. The molecule has 2 aliphatic rings. The Labute approximate surface area is 261 Å². The smallest absolute Gasteiger partial charge is 0.246 e. The first-order valence-electron chi connectivity index (χ1n) is 15.6. The maximum atomic E-state index is 12.6. The third-order valence-electron chi connectivity index (χ3n) is 7.88. The first kappa shape index (κ1) is 31.2. The fourth-order valence-corrected chi connectivity index (χ4v) is 5.49. The molecular weight excluding hydrogens is 550 g/mol. The third kappa shape index (κ3) is 9.39. The van der Waals surface area contributed by atoms with Crippen LogP contribution in [0.25, 0.3) is 11.3 Å². The fourth-order valence-electron chi connectivity index (χ4n) is 5.49. The lowest BCUT2D eigenvalue weighted by Crippen LogP contribution is -2.39. The van der Waals surface area contributed by atoms with E-state index in [9.17, 15) is 4.79 Å². The molecule has 0 saturated carbocycles. The molecule has 0 spiro atoms. The number of fused-ring (bicyclic) bond motifs is 7. The lowest BCUT2D eigenvalue weighted by atomic mass is 9.96. The number of nitrogens with one attached hydrogen (secondary N) is 2. The number of likely N-dealkylation sites (tertiary alicyclic amines) is 1. The molecule has 1 saturated heterocycles. The van der Waals surface area contributed by atoms with Gasteiger partial charge in [-0.2, -0.15) is 0 Å². The third-order valence-corrected chi connectivity index (χ3v) is 7.88. The van der Waals surface area contributed by atoms with Crippen molar-refractivity contribution in [3.63, 3.8) is 0 Å². The van der Waals surface area contributed by atoms with E-state index >= 15 is 0 Å². The van der Waals surface area contributed by atoms with Gasteiger partial charge in [0.25, 0.3) is 0 Å². The number of hydrogen-bond donors (Lipinski definition) is 2. The zero-order valence-corrected chi connectivity index (χ0v) is 26.2. The summed E-state index contributed by atoms with van der Waals surface area (Å²) in [5.41, 5.74) is 5.02. The summed E-state index contributed by atoms with van der Waals surface area (Å²) >= 11 is 0. The molecule has 2 aliphatic heterocycles. The Morgan fingerprint density at radius 2 is 2.00 bits per heavy atom. The van der Waals surface area contributed by atoms with E-state index in [1.165, 1.54) is 5.56 Å². The standard InChI is InChI=1S/C35H45N7O2/c1-40(2)16-8-11-34(43)42-18-13-27(14-19-42)25-37-30-21-28-22-31(24-30)38-35-36-15-12-33(39-35)29-9-7-10-32(23-29)44-20-6-4-5-17-41(3)26-28/h4-5,7-12,15,21-24,27,37H,6,13-14,16-20,25-26H2,1-3H3,(H,36,38,39)/b5-4+,11-8+. The number of aromatic nitrogens is 2. The molecule has 3 aromatic rings. The van der Waals surface area contributed by atoms with Crippen molar-refractivity contribution in [2.45, 2.75) is 25.8 Å². The first-order chi connectivity index (χ1) is 21.4. The van der Waals surface area contributed by atoms with Crippen LogP contribution in [0, 0.1) is 5.92 Å². The molecule has 2 aromatic carbocycles. The number of anilines is 3. The van der Waals surface area contributed by atoms with Crippen LogP contribution in [0.15, 0.2) is 79.0 Å². The van der Waals surface area contributed by atoms with Crippen molar-refractivity contribution in [1.82, 2.24) is 24.7 Å². The van der Waals surface area contributed by atoms with Crippen LogP contribution in [0.4, 0.5) is 17.3 Å². The monoisotopic (exact) mass is 595 g/mol. The number of benzene rings is 2. The van der Waals surface area contributed by atoms with Crippen molar-refractivity contribution in [1.29, 1.82) is 0 Å². The molecule has 0 aliphatic carbocycles. The molecule has 3 heterocycles. The predicted octanol–water partition coefficient (Wildman–Crippen LogP) is 5.43. The Morgan fingerprint density at radius 3 is 2.84 bits per heavy atom. The van der Waals surface area contributed by atoms with Crippen LogP contribution in [-0.4, -0.2) is 91.0 Å². The van der Waals surface area contributed by atoms with Gasteiger partial charge < -0.3 is 25.2 Å². The molecule has 9 nitrogen and oxygen atoms in total. The van der Waals surface area contributed by atoms with Crippen LogP contribution in [0.5, 0.6) is 5.75 Å². The minimum atomic E-state index is 0.116. The number of rotatable bonds is 6. The van der Waals surface area contributed by atoms with Crippen LogP contribution in [0.1, 0.15) is 24.8 Å². The van der Waals surface area contributed by atoms with Gasteiger partial charge in [-0.15, -0.1) is 0 Å². The Bertz CT molecular complexity index is 1450. The maximum Gasteiger partial charge on any atom is 0.246 e. The number of ether oxygens (including phenoxy) is 1. The van der Waals surface area contributed by atoms with Crippen LogP contribution in [0.2, 0.25) is 0 Å². The Kier molecular flexibility index (Phi) is 11.0. The van der Waals surface area contributed by atoms with E-state index in [-0.39, 0.29) is 5.91 Å². The summed E-state index contributed by atoms with van der Waals surface area (Å²) in [5.74, 6) is 2.01. The molecular formula is C35H45N7O2. The predicted molar refractivity (Wildman–Crippen MR) is 178 cm³/mol. The number of amides is 1. The van der Waals surface area contributed by atoms with Crippen molar-refractivity contribution in [3.05, 3.63) is 84.6 Å². The van der Waals surface area contributed by atoms with Crippen LogP contribution >= 0.6 is 0 Å². The lowest BCUT2D eigenvalue weighted by Gasteiger charge is -2.31. The molecule has 6 bridgehead atoms. The summed E-state index contributed by atoms with van der Waals surface area (Å²) in [6, 6.07) is 16.5. The van der Waals surface area contributed by atoms with Crippen LogP contribution in [-0.2, 0) is 11.3 Å². The van der Waals surface area contributed by atoms with Crippen molar-refractivity contribution < 1.29 is 9.53 Å². The van der Waals surface area contributed by atoms with E-state index in [0.29, 0.717) is 18.5 Å². The molecule has 0 atom stereocenters. The van der Waals surface area contributed by atoms with Gasteiger partial charge in [0.2, 0.25) is 11.9 Å². The van der Waals surface area contributed by atoms with E-state index in [2.05, 4.69) is 57.9 Å². The second kappa shape index (κ2) is 15.5. The quantitative estimate of drug-likeness (QED) is 0.289.